The summed E-state index contributed by atoms with van der Waals surface area (Å²) in [7, 11) is 0. The summed E-state index contributed by atoms with van der Waals surface area (Å²) in [5.74, 6) is 0.145. The summed E-state index contributed by atoms with van der Waals surface area (Å²) in [6.45, 7) is 6.99. The molecule has 0 bridgehead atoms. The van der Waals surface area contributed by atoms with Crippen molar-refractivity contribution >= 4 is 17.2 Å². The molecule has 0 aromatic carbocycles. The van der Waals surface area contributed by atoms with Crippen LogP contribution in [-0.2, 0) is 11.8 Å². The lowest BCUT2D eigenvalue weighted by molar-refractivity contribution is 0.0382. The molecule has 2 atom stereocenters. The fourth-order valence-electron chi connectivity index (χ4n) is 4.48. The Labute approximate surface area is 146 Å². The Balaban J connectivity index is 1.72. The molecule has 1 aliphatic heterocycles. The van der Waals surface area contributed by atoms with Gasteiger partial charge in [0, 0.05) is 24.2 Å². The third kappa shape index (κ3) is 2.27. The molecule has 1 aliphatic carbocycles. The number of aromatic nitrogens is 3. The molecule has 0 spiro atoms. The fraction of sp³-hybridized carbons (Fsp3) is 0.556. The summed E-state index contributed by atoms with van der Waals surface area (Å²) in [6.07, 6.45) is 7.61. The third-order valence-corrected chi connectivity index (χ3v) is 6.64. The molecule has 2 aromatic heterocycles. The molecule has 6 heteroatoms. The number of hydrogen-bond donors (Lipinski definition) is 0. The zero-order valence-electron chi connectivity index (χ0n) is 14.4. The van der Waals surface area contributed by atoms with Crippen molar-refractivity contribution in [3.8, 4) is 0 Å². The molecule has 1 fully saturated rings. The molecule has 0 radical (unpaired) electrons. The maximum Gasteiger partial charge on any atom is 0.266 e. The molecule has 1 saturated heterocycles. The summed E-state index contributed by atoms with van der Waals surface area (Å²) in [5.41, 5.74) is 3.17. The predicted molar refractivity (Wildman–Crippen MR) is 93.4 cm³/mol. The minimum absolute atomic E-state index is 0.0714. The van der Waals surface area contributed by atoms with Crippen LogP contribution in [0, 0.1) is 13.8 Å². The average Bonchev–Trinajstić information content (AvgIpc) is 2.91. The summed E-state index contributed by atoms with van der Waals surface area (Å²) in [5, 5.41) is 0.956. The van der Waals surface area contributed by atoms with Crippen molar-refractivity contribution in [1.29, 1.82) is 0 Å². The molecule has 4 rings (SSSR count). The zero-order valence-corrected chi connectivity index (χ0v) is 15.2. The maximum absolute atomic E-state index is 13.2. The Morgan fingerprint density at radius 2 is 2.25 bits per heavy atom. The molecule has 126 valence electrons. The summed E-state index contributed by atoms with van der Waals surface area (Å²) < 4.78 is 0. The van der Waals surface area contributed by atoms with Gasteiger partial charge in [-0.05, 0) is 45.1 Å². The van der Waals surface area contributed by atoms with Crippen LogP contribution in [0.15, 0.2) is 12.5 Å². The molecular formula is C18H22N4OS. The van der Waals surface area contributed by atoms with Crippen LogP contribution >= 0.6 is 11.3 Å². The van der Waals surface area contributed by atoms with E-state index in [0.717, 1.165) is 53.5 Å². The number of aryl methyl sites for hydroxylation is 3. The largest absolute Gasteiger partial charge is 0.334 e. The number of rotatable bonds is 1. The Morgan fingerprint density at radius 1 is 1.42 bits per heavy atom. The average molecular weight is 342 g/mol. The molecule has 2 aliphatic rings. The fourth-order valence-corrected chi connectivity index (χ4v) is 5.36. The molecule has 3 heterocycles. The summed E-state index contributed by atoms with van der Waals surface area (Å²) in [6, 6.07) is 0.211. The van der Waals surface area contributed by atoms with Crippen molar-refractivity contribution in [2.24, 2.45) is 0 Å². The van der Waals surface area contributed by atoms with Crippen LogP contribution in [0.2, 0.25) is 0 Å². The van der Waals surface area contributed by atoms with Gasteiger partial charge in [-0.25, -0.2) is 15.0 Å². The van der Waals surface area contributed by atoms with Crippen molar-refractivity contribution < 1.29 is 4.79 Å². The highest BCUT2D eigenvalue weighted by Gasteiger charge is 2.48. The van der Waals surface area contributed by atoms with Gasteiger partial charge in [-0.2, -0.15) is 0 Å². The van der Waals surface area contributed by atoms with E-state index >= 15 is 0 Å². The van der Waals surface area contributed by atoms with Crippen molar-refractivity contribution in [1.82, 2.24) is 19.9 Å². The number of amides is 1. The number of likely N-dealkylation sites (tertiary alicyclic amines) is 1. The van der Waals surface area contributed by atoms with Gasteiger partial charge in [0.25, 0.3) is 5.91 Å². The summed E-state index contributed by atoms with van der Waals surface area (Å²) >= 11 is 1.51. The SMILES string of the molecule is Cc1nc(C)c(C(=O)N2CCC[C@@]3(C)c4ncncc4CCC23)s1. The topological polar surface area (TPSA) is 59.0 Å². The van der Waals surface area contributed by atoms with E-state index < -0.39 is 0 Å². The highest BCUT2D eigenvalue weighted by Crippen LogP contribution is 2.45. The van der Waals surface area contributed by atoms with Crippen molar-refractivity contribution in [2.45, 2.75) is 57.9 Å². The van der Waals surface area contributed by atoms with Crippen LogP contribution < -0.4 is 0 Å². The lowest BCUT2D eigenvalue weighted by Gasteiger charge is -2.50. The predicted octanol–water partition coefficient (Wildman–Crippen LogP) is 3.06. The van der Waals surface area contributed by atoms with Crippen molar-refractivity contribution in [3.05, 3.63) is 39.4 Å². The first-order valence-corrected chi connectivity index (χ1v) is 9.37. The van der Waals surface area contributed by atoms with E-state index in [1.807, 2.05) is 20.0 Å². The number of piperidine rings is 1. The Kier molecular flexibility index (Phi) is 3.67. The van der Waals surface area contributed by atoms with E-state index in [1.54, 1.807) is 6.33 Å². The second kappa shape index (κ2) is 5.62. The van der Waals surface area contributed by atoms with Crippen LogP contribution in [0.3, 0.4) is 0 Å². The Hall–Kier alpha value is -1.82. The molecule has 0 saturated carbocycles. The molecule has 2 aromatic rings. The van der Waals surface area contributed by atoms with Gasteiger partial charge < -0.3 is 4.90 Å². The second-order valence-electron chi connectivity index (χ2n) is 7.12. The molecule has 1 unspecified atom stereocenters. The lowest BCUT2D eigenvalue weighted by Crippen LogP contribution is -2.57. The van der Waals surface area contributed by atoms with Crippen LogP contribution in [0.5, 0.6) is 0 Å². The van der Waals surface area contributed by atoms with E-state index in [4.69, 9.17) is 0 Å². The van der Waals surface area contributed by atoms with Gasteiger partial charge >= 0.3 is 0 Å². The second-order valence-corrected chi connectivity index (χ2v) is 8.32. The summed E-state index contributed by atoms with van der Waals surface area (Å²) in [4.78, 5) is 29.3. The molecule has 0 N–H and O–H groups in total. The number of fused-ring (bicyclic) bond motifs is 3. The van der Waals surface area contributed by atoms with Gasteiger partial charge in [0.1, 0.15) is 11.2 Å². The van der Waals surface area contributed by atoms with E-state index in [-0.39, 0.29) is 17.4 Å². The van der Waals surface area contributed by atoms with Crippen molar-refractivity contribution in [3.63, 3.8) is 0 Å². The minimum atomic E-state index is -0.0714. The Morgan fingerprint density at radius 3 is 3.00 bits per heavy atom. The van der Waals surface area contributed by atoms with E-state index in [1.165, 1.54) is 16.9 Å². The van der Waals surface area contributed by atoms with Gasteiger partial charge in [-0.15, -0.1) is 11.3 Å². The molecular weight excluding hydrogens is 320 g/mol. The van der Waals surface area contributed by atoms with E-state index in [0.29, 0.717) is 0 Å². The van der Waals surface area contributed by atoms with Crippen LogP contribution in [-0.4, -0.2) is 38.3 Å². The maximum atomic E-state index is 13.2. The van der Waals surface area contributed by atoms with E-state index in [9.17, 15) is 4.79 Å². The first-order chi connectivity index (χ1) is 11.5. The Bertz CT molecular complexity index is 802. The number of hydrogen-bond acceptors (Lipinski definition) is 5. The smallest absolute Gasteiger partial charge is 0.266 e. The third-order valence-electron chi connectivity index (χ3n) is 5.58. The normalized spacial score (nSPS) is 26.0. The molecule has 1 amide bonds. The monoisotopic (exact) mass is 342 g/mol. The van der Waals surface area contributed by atoms with Crippen LogP contribution in [0.1, 0.15) is 57.8 Å². The van der Waals surface area contributed by atoms with Crippen LogP contribution in [0.25, 0.3) is 0 Å². The highest BCUT2D eigenvalue weighted by molar-refractivity contribution is 7.13. The number of carbonyl (C=O) groups is 1. The van der Waals surface area contributed by atoms with Gasteiger partial charge in [0.15, 0.2) is 0 Å². The minimum Gasteiger partial charge on any atom is -0.334 e. The van der Waals surface area contributed by atoms with Crippen molar-refractivity contribution in [2.75, 3.05) is 6.54 Å². The highest BCUT2D eigenvalue weighted by atomic mass is 32.1. The lowest BCUT2D eigenvalue weighted by atomic mass is 9.65. The standard InChI is InChI=1S/C18H22N4OS/c1-11-15(24-12(2)21-11)17(23)22-8-4-7-18(3)14(22)6-5-13-9-19-10-20-16(13)18/h9-10,14H,4-8H2,1-3H3/t14?,18-/m1/s1. The zero-order chi connectivity index (χ0) is 16.9. The quantitative estimate of drug-likeness (QED) is 0.799. The first kappa shape index (κ1) is 15.7. The van der Waals surface area contributed by atoms with Gasteiger partial charge in [0.2, 0.25) is 0 Å². The molecule has 24 heavy (non-hydrogen) atoms. The number of nitrogens with zero attached hydrogens (tertiary/aromatic N) is 4. The molecule has 5 nitrogen and oxygen atoms in total. The van der Waals surface area contributed by atoms with Gasteiger partial charge in [-0.1, -0.05) is 6.92 Å². The van der Waals surface area contributed by atoms with Gasteiger partial charge in [-0.3, -0.25) is 4.79 Å². The van der Waals surface area contributed by atoms with Gasteiger partial charge in [0.05, 0.1) is 16.4 Å². The number of thiazole rings is 1. The van der Waals surface area contributed by atoms with E-state index in [2.05, 4.69) is 26.8 Å². The number of carbonyl (C=O) groups excluding carboxylic acids is 1. The first-order valence-electron chi connectivity index (χ1n) is 8.55. The van der Waals surface area contributed by atoms with Crippen LogP contribution in [0.4, 0.5) is 0 Å².